The van der Waals surface area contributed by atoms with Crippen molar-refractivity contribution in [3.05, 3.63) is 0 Å². The van der Waals surface area contributed by atoms with Gasteiger partial charge in [0.2, 0.25) is 0 Å². The van der Waals surface area contributed by atoms with Crippen molar-refractivity contribution in [3.63, 3.8) is 0 Å². The molecule has 1 aliphatic rings. The van der Waals surface area contributed by atoms with Gasteiger partial charge in [-0.25, -0.2) is 8.42 Å². The standard InChI is InChI=1S/C13H25NO4S/c1-4-14(9-10(2)13(15)16)11-6-5-7-12(8-11)19(3,17)18/h10-12H,4-9H2,1-3H3,(H,15,16). The largest absolute Gasteiger partial charge is 0.481 e. The van der Waals surface area contributed by atoms with Crippen LogP contribution in [0.5, 0.6) is 0 Å². The Hall–Kier alpha value is -0.620. The summed E-state index contributed by atoms with van der Waals surface area (Å²) < 4.78 is 23.3. The number of hydrogen-bond donors (Lipinski definition) is 1. The Bertz CT molecular complexity index is 407. The second-order valence-electron chi connectivity index (χ2n) is 5.60. The Morgan fingerprint density at radius 1 is 1.42 bits per heavy atom. The molecule has 1 aliphatic carbocycles. The van der Waals surface area contributed by atoms with Gasteiger partial charge in [0.1, 0.15) is 9.84 Å². The first-order chi connectivity index (χ1) is 8.75. The zero-order valence-corrected chi connectivity index (χ0v) is 12.8. The number of nitrogens with zero attached hydrogens (tertiary/aromatic N) is 1. The van der Waals surface area contributed by atoms with Crippen molar-refractivity contribution < 1.29 is 18.3 Å². The van der Waals surface area contributed by atoms with Crippen LogP contribution in [0, 0.1) is 5.92 Å². The number of carboxylic acids is 1. The van der Waals surface area contributed by atoms with E-state index in [1.54, 1.807) is 6.92 Å². The van der Waals surface area contributed by atoms with Crippen molar-refractivity contribution in [2.75, 3.05) is 19.3 Å². The Morgan fingerprint density at radius 3 is 2.53 bits per heavy atom. The second-order valence-corrected chi connectivity index (χ2v) is 7.92. The summed E-state index contributed by atoms with van der Waals surface area (Å²) in [5.41, 5.74) is 0. The molecule has 5 nitrogen and oxygen atoms in total. The number of aliphatic carboxylic acids is 1. The molecule has 0 spiro atoms. The number of sulfone groups is 1. The zero-order chi connectivity index (χ0) is 14.6. The van der Waals surface area contributed by atoms with E-state index in [4.69, 9.17) is 5.11 Å². The van der Waals surface area contributed by atoms with Crippen LogP contribution in [0.15, 0.2) is 0 Å². The van der Waals surface area contributed by atoms with Crippen molar-refractivity contribution in [1.82, 2.24) is 4.90 Å². The average Bonchev–Trinajstić information content (AvgIpc) is 2.34. The Kier molecular flexibility index (Phi) is 5.80. The van der Waals surface area contributed by atoms with E-state index in [2.05, 4.69) is 4.90 Å². The van der Waals surface area contributed by atoms with Crippen LogP contribution in [0.25, 0.3) is 0 Å². The van der Waals surface area contributed by atoms with Crippen LogP contribution < -0.4 is 0 Å². The Balaban J connectivity index is 2.68. The monoisotopic (exact) mass is 291 g/mol. The molecule has 1 rings (SSSR count). The first kappa shape index (κ1) is 16.4. The molecular formula is C13H25NO4S. The number of rotatable bonds is 6. The van der Waals surface area contributed by atoms with Gasteiger partial charge in [-0.2, -0.15) is 0 Å². The molecule has 1 saturated carbocycles. The quantitative estimate of drug-likeness (QED) is 0.800. The molecule has 1 N–H and O–H groups in total. The van der Waals surface area contributed by atoms with E-state index in [-0.39, 0.29) is 11.3 Å². The highest BCUT2D eigenvalue weighted by molar-refractivity contribution is 7.91. The highest BCUT2D eigenvalue weighted by Crippen LogP contribution is 2.27. The molecule has 0 aromatic carbocycles. The molecule has 0 radical (unpaired) electrons. The molecule has 0 heterocycles. The molecule has 0 aromatic rings. The molecule has 0 amide bonds. The maximum atomic E-state index is 11.7. The summed E-state index contributed by atoms with van der Waals surface area (Å²) in [5.74, 6) is -1.22. The van der Waals surface area contributed by atoms with Gasteiger partial charge in [-0.05, 0) is 25.8 Å². The second kappa shape index (κ2) is 6.70. The van der Waals surface area contributed by atoms with Gasteiger partial charge in [0.15, 0.2) is 0 Å². The lowest BCUT2D eigenvalue weighted by molar-refractivity contribution is -0.142. The van der Waals surface area contributed by atoms with Crippen molar-refractivity contribution in [1.29, 1.82) is 0 Å². The van der Waals surface area contributed by atoms with Crippen LogP contribution in [-0.2, 0) is 14.6 Å². The molecule has 3 atom stereocenters. The SMILES string of the molecule is CCN(CC(C)C(=O)O)C1CCCC(S(C)(=O)=O)C1. The highest BCUT2D eigenvalue weighted by atomic mass is 32.2. The molecule has 0 saturated heterocycles. The van der Waals surface area contributed by atoms with Crippen molar-refractivity contribution in [2.45, 2.75) is 50.8 Å². The lowest BCUT2D eigenvalue weighted by Crippen LogP contribution is -2.44. The van der Waals surface area contributed by atoms with E-state index in [0.29, 0.717) is 13.0 Å². The molecule has 0 aromatic heterocycles. The Morgan fingerprint density at radius 2 is 2.05 bits per heavy atom. The van der Waals surface area contributed by atoms with Gasteiger partial charge in [0.05, 0.1) is 11.2 Å². The minimum absolute atomic E-state index is 0.195. The number of carboxylic acid groups (broad SMARTS) is 1. The maximum Gasteiger partial charge on any atom is 0.307 e. The summed E-state index contributed by atoms with van der Waals surface area (Å²) in [6, 6.07) is 0.195. The minimum atomic E-state index is -2.99. The lowest BCUT2D eigenvalue weighted by Gasteiger charge is -2.37. The van der Waals surface area contributed by atoms with Crippen LogP contribution in [0.3, 0.4) is 0 Å². The third-order valence-corrected chi connectivity index (χ3v) is 5.70. The molecule has 0 bridgehead atoms. The normalized spacial score (nSPS) is 26.3. The van der Waals surface area contributed by atoms with Crippen LogP contribution in [-0.4, -0.2) is 55.0 Å². The molecule has 112 valence electrons. The molecule has 3 unspecified atom stereocenters. The predicted molar refractivity (Wildman–Crippen MR) is 74.9 cm³/mol. The molecule has 6 heteroatoms. The van der Waals surface area contributed by atoms with E-state index in [1.807, 2.05) is 6.92 Å². The fourth-order valence-electron chi connectivity index (χ4n) is 2.81. The first-order valence-corrected chi connectivity index (χ1v) is 8.86. The fourth-order valence-corrected chi connectivity index (χ4v) is 3.97. The summed E-state index contributed by atoms with van der Waals surface area (Å²) in [7, 11) is -2.99. The summed E-state index contributed by atoms with van der Waals surface area (Å²) in [6.45, 7) is 4.95. The summed E-state index contributed by atoms with van der Waals surface area (Å²) >= 11 is 0. The van der Waals surface area contributed by atoms with E-state index < -0.39 is 21.7 Å². The zero-order valence-electron chi connectivity index (χ0n) is 12.0. The Labute approximate surface area is 115 Å². The lowest BCUT2D eigenvalue weighted by atomic mass is 9.93. The molecule has 1 fully saturated rings. The predicted octanol–water partition coefficient (Wildman–Crippen LogP) is 1.38. The van der Waals surface area contributed by atoms with Gasteiger partial charge in [0.25, 0.3) is 0 Å². The smallest absolute Gasteiger partial charge is 0.307 e. The van der Waals surface area contributed by atoms with Gasteiger partial charge in [-0.1, -0.05) is 20.3 Å². The third-order valence-electron chi connectivity index (χ3n) is 4.06. The summed E-state index contributed by atoms with van der Waals surface area (Å²) in [4.78, 5) is 13.1. The van der Waals surface area contributed by atoms with Crippen LogP contribution in [0.4, 0.5) is 0 Å². The van der Waals surface area contributed by atoms with Gasteiger partial charge >= 0.3 is 5.97 Å². The molecule has 0 aliphatic heterocycles. The van der Waals surface area contributed by atoms with E-state index in [0.717, 1.165) is 25.8 Å². The van der Waals surface area contributed by atoms with E-state index in [9.17, 15) is 13.2 Å². The van der Waals surface area contributed by atoms with Gasteiger partial charge in [-0.3, -0.25) is 9.69 Å². The topological polar surface area (TPSA) is 74.7 Å². The average molecular weight is 291 g/mol. The van der Waals surface area contributed by atoms with Crippen LogP contribution in [0.2, 0.25) is 0 Å². The maximum absolute atomic E-state index is 11.7. The van der Waals surface area contributed by atoms with Gasteiger partial charge < -0.3 is 5.11 Å². The van der Waals surface area contributed by atoms with Gasteiger partial charge in [-0.15, -0.1) is 0 Å². The third kappa shape index (κ3) is 4.76. The molecule has 19 heavy (non-hydrogen) atoms. The summed E-state index contributed by atoms with van der Waals surface area (Å²) in [5, 5.41) is 8.72. The molecular weight excluding hydrogens is 266 g/mol. The minimum Gasteiger partial charge on any atom is -0.481 e. The summed E-state index contributed by atoms with van der Waals surface area (Å²) in [6.07, 6.45) is 4.54. The van der Waals surface area contributed by atoms with E-state index in [1.165, 1.54) is 6.26 Å². The van der Waals surface area contributed by atoms with Crippen molar-refractivity contribution in [2.24, 2.45) is 5.92 Å². The van der Waals surface area contributed by atoms with E-state index >= 15 is 0 Å². The first-order valence-electron chi connectivity index (χ1n) is 6.91. The highest BCUT2D eigenvalue weighted by Gasteiger charge is 2.32. The fraction of sp³-hybridized carbons (Fsp3) is 0.923. The van der Waals surface area contributed by atoms with Crippen LogP contribution in [0.1, 0.15) is 39.5 Å². The van der Waals surface area contributed by atoms with Crippen molar-refractivity contribution in [3.8, 4) is 0 Å². The van der Waals surface area contributed by atoms with Gasteiger partial charge in [0, 0.05) is 18.8 Å². The number of hydrogen-bond acceptors (Lipinski definition) is 4. The van der Waals surface area contributed by atoms with Crippen molar-refractivity contribution >= 4 is 15.8 Å². The van der Waals surface area contributed by atoms with Crippen LogP contribution >= 0.6 is 0 Å². The number of carbonyl (C=O) groups is 1.